The van der Waals surface area contributed by atoms with Crippen molar-refractivity contribution in [3.8, 4) is 0 Å². The van der Waals surface area contributed by atoms with E-state index in [1.165, 1.54) is 0 Å². The van der Waals surface area contributed by atoms with E-state index in [9.17, 15) is 8.42 Å². The molecule has 7 heteroatoms. The maximum atomic E-state index is 11.9. The molecule has 0 amide bonds. The first-order chi connectivity index (χ1) is 10.0. The molecular weight excluding hydrogens is 292 g/mol. The molecule has 0 bridgehead atoms. The van der Waals surface area contributed by atoms with Gasteiger partial charge in [-0.25, -0.2) is 12.7 Å². The average Bonchev–Trinajstić information content (AvgIpc) is 2.92. The second kappa shape index (κ2) is 6.12. The van der Waals surface area contributed by atoms with Crippen LogP contribution in [0.4, 0.5) is 0 Å². The zero-order valence-electron chi connectivity index (χ0n) is 12.8. The summed E-state index contributed by atoms with van der Waals surface area (Å²) in [6.45, 7) is 7.29. The van der Waals surface area contributed by atoms with Crippen molar-refractivity contribution in [2.45, 2.75) is 37.8 Å². The molecule has 0 aromatic rings. The number of nitrogens with zero attached hydrogens (tertiary/aromatic N) is 2. The highest BCUT2D eigenvalue weighted by Gasteiger charge is 2.45. The largest absolute Gasteiger partial charge is 0.379 e. The Morgan fingerprint density at radius 1 is 1.14 bits per heavy atom. The number of sulfonamides is 1. The predicted molar refractivity (Wildman–Crippen MR) is 79.7 cm³/mol. The Kier molecular flexibility index (Phi) is 4.57. The Bertz CT molecular complexity index is 454. The number of hydrogen-bond donors (Lipinski definition) is 0. The van der Waals surface area contributed by atoms with Gasteiger partial charge in [-0.05, 0) is 26.2 Å². The van der Waals surface area contributed by atoms with Crippen molar-refractivity contribution in [3.63, 3.8) is 0 Å². The van der Waals surface area contributed by atoms with E-state index in [0.717, 1.165) is 52.2 Å². The fourth-order valence-electron chi connectivity index (χ4n) is 3.70. The topological polar surface area (TPSA) is 59.1 Å². The monoisotopic (exact) mass is 318 g/mol. The molecule has 3 aliphatic rings. The summed E-state index contributed by atoms with van der Waals surface area (Å²) in [6.07, 6.45) is 2.69. The highest BCUT2D eigenvalue weighted by molar-refractivity contribution is 7.89. The SMILES string of the molecule is CCS(=O)(=O)N1CCC2(CC1)CC(N1CCOCC1)CO2. The minimum atomic E-state index is -3.05. The lowest BCUT2D eigenvalue weighted by molar-refractivity contribution is -0.0328. The summed E-state index contributed by atoms with van der Waals surface area (Å²) in [7, 11) is -3.05. The van der Waals surface area contributed by atoms with Crippen LogP contribution in [0, 0.1) is 0 Å². The molecule has 3 saturated heterocycles. The molecule has 0 aromatic heterocycles. The van der Waals surface area contributed by atoms with E-state index in [2.05, 4.69) is 4.90 Å². The van der Waals surface area contributed by atoms with Crippen molar-refractivity contribution >= 4 is 10.0 Å². The van der Waals surface area contributed by atoms with Gasteiger partial charge in [-0.2, -0.15) is 0 Å². The number of hydrogen-bond acceptors (Lipinski definition) is 5. The van der Waals surface area contributed by atoms with Crippen LogP contribution >= 0.6 is 0 Å². The molecule has 3 heterocycles. The van der Waals surface area contributed by atoms with Crippen LogP contribution in [0.5, 0.6) is 0 Å². The predicted octanol–water partition coefficient (Wildman–Crippen LogP) is 0.292. The third-order valence-electron chi connectivity index (χ3n) is 5.14. The molecule has 6 nitrogen and oxygen atoms in total. The summed E-state index contributed by atoms with van der Waals surface area (Å²) in [5, 5.41) is 0. The molecule has 3 fully saturated rings. The summed E-state index contributed by atoms with van der Waals surface area (Å²) in [5.74, 6) is 0.192. The van der Waals surface area contributed by atoms with Crippen molar-refractivity contribution in [2.75, 3.05) is 51.8 Å². The highest BCUT2D eigenvalue weighted by atomic mass is 32.2. The number of morpholine rings is 1. The van der Waals surface area contributed by atoms with Crippen LogP contribution in [-0.4, -0.2) is 81.0 Å². The van der Waals surface area contributed by atoms with E-state index in [1.807, 2.05) is 0 Å². The Hall–Kier alpha value is -0.210. The third kappa shape index (κ3) is 3.27. The van der Waals surface area contributed by atoms with Crippen molar-refractivity contribution in [1.82, 2.24) is 9.21 Å². The molecular formula is C14H26N2O4S. The van der Waals surface area contributed by atoms with Crippen LogP contribution in [0.25, 0.3) is 0 Å². The zero-order valence-corrected chi connectivity index (χ0v) is 13.6. The van der Waals surface area contributed by atoms with Crippen LogP contribution in [0.3, 0.4) is 0 Å². The Morgan fingerprint density at radius 2 is 1.81 bits per heavy atom. The summed E-state index contributed by atoms with van der Waals surface area (Å²) < 4.78 is 37.0. The quantitative estimate of drug-likeness (QED) is 0.749. The molecule has 0 N–H and O–H groups in total. The van der Waals surface area contributed by atoms with Crippen LogP contribution < -0.4 is 0 Å². The molecule has 3 rings (SSSR count). The molecule has 1 spiro atoms. The lowest BCUT2D eigenvalue weighted by Crippen LogP contribution is -2.48. The van der Waals surface area contributed by atoms with E-state index in [1.54, 1.807) is 11.2 Å². The smallest absolute Gasteiger partial charge is 0.213 e. The van der Waals surface area contributed by atoms with Gasteiger partial charge in [0.25, 0.3) is 0 Å². The van der Waals surface area contributed by atoms with E-state index in [0.29, 0.717) is 19.1 Å². The van der Waals surface area contributed by atoms with Crippen molar-refractivity contribution in [2.24, 2.45) is 0 Å². The number of rotatable bonds is 3. The average molecular weight is 318 g/mol. The molecule has 0 aromatic carbocycles. The number of ether oxygens (including phenoxy) is 2. The molecule has 0 aliphatic carbocycles. The minimum Gasteiger partial charge on any atom is -0.379 e. The summed E-state index contributed by atoms with van der Waals surface area (Å²) in [5.41, 5.74) is -0.0945. The summed E-state index contributed by atoms with van der Waals surface area (Å²) >= 11 is 0. The normalized spacial score (nSPS) is 31.8. The van der Waals surface area contributed by atoms with Gasteiger partial charge in [-0.3, -0.25) is 4.90 Å². The van der Waals surface area contributed by atoms with Gasteiger partial charge < -0.3 is 9.47 Å². The summed E-state index contributed by atoms with van der Waals surface area (Å²) in [4.78, 5) is 2.47. The Labute approximate surface area is 127 Å². The van der Waals surface area contributed by atoms with E-state index >= 15 is 0 Å². The van der Waals surface area contributed by atoms with Crippen LogP contribution in [-0.2, 0) is 19.5 Å². The molecule has 3 aliphatic heterocycles. The lowest BCUT2D eigenvalue weighted by Gasteiger charge is -2.38. The van der Waals surface area contributed by atoms with Crippen molar-refractivity contribution in [3.05, 3.63) is 0 Å². The fourth-order valence-corrected chi connectivity index (χ4v) is 4.80. The lowest BCUT2D eigenvalue weighted by atomic mass is 9.88. The molecule has 0 radical (unpaired) electrons. The Balaban J connectivity index is 1.56. The molecule has 0 saturated carbocycles. The zero-order chi connectivity index (χ0) is 14.9. The third-order valence-corrected chi connectivity index (χ3v) is 7.02. The second-order valence-corrected chi connectivity index (χ2v) is 8.56. The molecule has 1 atom stereocenters. The maximum Gasteiger partial charge on any atom is 0.213 e. The van der Waals surface area contributed by atoms with E-state index in [4.69, 9.17) is 9.47 Å². The van der Waals surface area contributed by atoms with Crippen LogP contribution in [0.15, 0.2) is 0 Å². The van der Waals surface area contributed by atoms with Gasteiger partial charge in [0, 0.05) is 32.2 Å². The molecule has 1 unspecified atom stereocenters. The molecule has 21 heavy (non-hydrogen) atoms. The van der Waals surface area contributed by atoms with Gasteiger partial charge in [-0.15, -0.1) is 0 Å². The van der Waals surface area contributed by atoms with Gasteiger partial charge in [0.1, 0.15) is 0 Å². The fraction of sp³-hybridized carbons (Fsp3) is 1.00. The van der Waals surface area contributed by atoms with Crippen molar-refractivity contribution < 1.29 is 17.9 Å². The van der Waals surface area contributed by atoms with Gasteiger partial charge in [-0.1, -0.05) is 0 Å². The first kappa shape index (κ1) is 15.7. The van der Waals surface area contributed by atoms with E-state index < -0.39 is 10.0 Å². The first-order valence-corrected chi connectivity index (χ1v) is 9.59. The molecule has 122 valence electrons. The van der Waals surface area contributed by atoms with Gasteiger partial charge in [0.05, 0.1) is 31.2 Å². The van der Waals surface area contributed by atoms with Gasteiger partial charge in [0.15, 0.2) is 0 Å². The minimum absolute atomic E-state index is 0.0945. The standard InChI is InChI=1S/C14H26N2O4S/c1-2-21(17,18)16-5-3-14(4-6-16)11-13(12-20-14)15-7-9-19-10-8-15/h13H,2-12H2,1H3. The van der Waals surface area contributed by atoms with Crippen LogP contribution in [0.2, 0.25) is 0 Å². The maximum absolute atomic E-state index is 11.9. The Morgan fingerprint density at radius 3 is 2.43 bits per heavy atom. The second-order valence-electron chi connectivity index (χ2n) is 6.30. The van der Waals surface area contributed by atoms with Crippen molar-refractivity contribution in [1.29, 1.82) is 0 Å². The van der Waals surface area contributed by atoms with Gasteiger partial charge in [0.2, 0.25) is 10.0 Å². The van der Waals surface area contributed by atoms with Crippen LogP contribution in [0.1, 0.15) is 26.2 Å². The number of piperidine rings is 1. The highest BCUT2D eigenvalue weighted by Crippen LogP contribution is 2.38. The van der Waals surface area contributed by atoms with E-state index in [-0.39, 0.29) is 11.4 Å². The van der Waals surface area contributed by atoms with Gasteiger partial charge >= 0.3 is 0 Å². The first-order valence-electron chi connectivity index (χ1n) is 7.98. The summed E-state index contributed by atoms with van der Waals surface area (Å²) in [6, 6.07) is 0.475.